The first-order valence-electron chi connectivity index (χ1n) is 10.1. The highest BCUT2D eigenvalue weighted by molar-refractivity contribution is 7.18. The van der Waals surface area contributed by atoms with Gasteiger partial charge >= 0.3 is 0 Å². The van der Waals surface area contributed by atoms with Gasteiger partial charge in [0.25, 0.3) is 0 Å². The summed E-state index contributed by atoms with van der Waals surface area (Å²) in [5, 5.41) is 12.4. The van der Waals surface area contributed by atoms with Crippen LogP contribution in [0.1, 0.15) is 5.56 Å². The van der Waals surface area contributed by atoms with Crippen LogP contribution in [-0.4, -0.2) is 37.7 Å². The summed E-state index contributed by atoms with van der Waals surface area (Å²) in [7, 11) is 0. The van der Waals surface area contributed by atoms with Gasteiger partial charge < -0.3 is 11.1 Å². The number of thiophene rings is 1. The number of aromatic nitrogens is 5. The summed E-state index contributed by atoms with van der Waals surface area (Å²) in [4.78, 5) is 13.2. The van der Waals surface area contributed by atoms with E-state index in [0.29, 0.717) is 17.9 Å². The summed E-state index contributed by atoms with van der Waals surface area (Å²) >= 11 is 1.52. The van der Waals surface area contributed by atoms with Gasteiger partial charge in [0.1, 0.15) is 5.82 Å². The largest absolute Gasteiger partial charge is 0.367 e. The Kier molecular flexibility index (Phi) is 5.57. The molecule has 1 atom stereocenters. The fourth-order valence-electron chi connectivity index (χ4n) is 3.53. The third-order valence-electron chi connectivity index (χ3n) is 5.09. The Morgan fingerprint density at radius 3 is 2.72 bits per heavy atom. The van der Waals surface area contributed by atoms with E-state index in [2.05, 4.69) is 37.6 Å². The highest BCUT2D eigenvalue weighted by atomic mass is 32.1. The molecular weight excluding hydrogens is 425 g/mol. The number of anilines is 1. The minimum absolute atomic E-state index is 0.115. The number of H-pyrrole nitrogens is 1. The van der Waals surface area contributed by atoms with Gasteiger partial charge in [0.15, 0.2) is 11.6 Å². The van der Waals surface area contributed by atoms with E-state index in [9.17, 15) is 4.39 Å². The number of hydrogen-bond acceptors (Lipinski definition) is 7. The lowest BCUT2D eigenvalue weighted by atomic mass is 10.1. The summed E-state index contributed by atoms with van der Waals surface area (Å²) in [6.45, 7) is 0.510. The molecule has 0 radical (unpaired) electrons. The van der Waals surface area contributed by atoms with Gasteiger partial charge in [-0.15, -0.1) is 11.3 Å². The summed E-state index contributed by atoms with van der Waals surface area (Å²) < 4.78 is 15.3. The van der Waals surface area contributed by atoms with Crippen molar-refractivity contribution in [2.24, 2.45) is 5.73 Å². The van der Waals surface area contributed by atoms with E-state index in [1.807, 2.05) is 29.6 Å². The van der Waals surface area contributed by atoms with Gasteiger partial charge in [-0.05, 0) is 24.1 Å². The molecule has 32 heavy (non-hydrogen) atoms. The van der Waals surface area contributed by atoms with E-state index >= 15 is 0 Å². The van der Waals surface area contributed by atoms with Crippen LogP contribution in [0.25, 0.3) is 32.9 Å². The Hall–Kier alpha value is -3.69. The van der Waals surface area contributed by atoms with Crippen LogP contribution in [0.3, 0.4) is 0 Å². The molecule has 0 aliphatic heterocycles. The number of pyridine rings is 1. The topological polar surface area (TPSA) is 105 Å². The monoisotopic (exact) mass is 445 g/mol. The maximum absolute atomic E-state index is 14.5. The number of halogens is 1. The molecule has 0 spiro atoms. The van der Waals surface area contributed by atoms with E-state index < -0.39 is 5.82 Å². The zero-order valence-electron chi connectivity index (χ0n) is 17.0. The molecule has 0 amide bonds. The van der Waals surface area contributed by atoms with Crippen LogP contribution in [0.4, 0.5) is 10.2 Å². The third kappa shape index (κ3) is 4.08. The Balaban J connectivity index is 1.51. The molecule has 1 aromatic carbocycles. The van der Waals surface area contributed by atoms with E-state index in [4.69, 9.17) is 10.7 Å². The van der Waals surface area contributed by atoms with Crippen molar-refractivity contribution in [3.63, 3.8) is 0 Å². The summed E-state index contributed by atoms with van der Waals surface area (Å²) in [5.74, 6) is 0.438. The molecule has 4 N–H and O–H groups in total. The number of hydrogen-bond donors (Lipinski definition) is 3. The molecule has 1 unspecified atom stereocenters. The van der Waals surface area contributed by atoms with Gasteiger partial charge in [0.05, 0.1) is 27.7 Å². The predicted octanol–water partition coefficient (Wildman–Crippen LogP) is 4.26. The molecular formula is C23H20FN7S. The Labute approximate surface area is 187 Å². The molecule has 7 nitrogen and oxygen atoms in total. The van der Waals surface area contributed by atoms with Crippen molar-refractivity contribution in [3.8, 4) is 22.6 Å². The van der Waals surface area contributed by atoms with Gasteiger partial charge in [-0.2, -0.15) is 5.10 Å². The van der Waals surface area contributed by atoms with Crippen LogP contribution in [0.2, 0.25) is 0 Å². The quantitative estimate of drug-likeness (QED) is 0.346. The molecule has 9 heteroatoms. The first-order valence-corrected chi connectivity index (χ1v) is 11.0. The van der Waals surface area contributed by atoms with Crippen LogP contribution in [-0.2, 0) is 6.42 Å². The summed E-state index contributed by atoms with van der Waals surface area (Å²) in [6.07, 6.45) is 5.11. The highest BCUT2D eigenvalue weighted by Gasteiger charge is 2.18. The third-order valence-corrected chi connectivity index (χ3v) is 6.07. The van der Waals surface area contributed by atoms with E-state index in [1.54, 1.807) is 12.3 Å². The first kappa shape index (κ1) is 20.2. The lowest BCUT2D eigenvalue weighted by Gasteiger charge is -2.15. The second kappa shape index (κ2) is 8.81. The number of nitrogens with two attached hydrogens (primary N) is 1. The van der Waals surface area contributed by atoms with E-state index in [0.717, 1.165) is 34.1 Å². The van der Waals surface area contributed by atoms with Crippen molar-refractivity contribution >= 4 is 27.4 Å². The van der Waals surface area contributed by atoms with Crippen LogP contribution in [0, 0.1) is 5.82 Å². The molecule has 0 bridgehead atoms. The van der Waals surface area contributed by atoms with Gasteiger partial charge in [0.2, 0.25) is 0 Å². The van der Waals surface area contributed by atoms with Crippen LogP contribution < -0.4 is 11.1 Å². The number of aromatic amines is 1. The lowest BCUT2D eigenvalue weighted by Crippen LogP contribution is -2.31. The van der Waals surface area contributed by atoms with Crippen LogP contribution in [0.15, 0.2) is 66.4 Å². The molecule has 160 valence electrons. The van der Waals surface area contributed by atoms with Crippen molar-refractivity contribution in [2.75, 3.05) is 11.9 Å². The fraction of sp³-hybridized carbons (Fsp3) is 0.130. The highest BCUT2D eigenvalue weighted by Crippen LogP contribution is 2.37. The lowest BCUT2D eigenvalue weighted by molar-refractivity contribution is 0.623. The van der Waals surface area contributed by atoms with E-state index in [1.165, 1.54) is 23.1 Å². The zero-order valence-corrected chi connectivity index (χ0v) is 17.8. The average Bonchev–Trinajstić information content (AvgIpc) is 3.48. The Morgan fingerprint density at radius 1 is 1.06 bits per heavy atom. The van der Waals surface area contributed by atoms with Crippen molar-refractivity contribution in [3.05, 3.63) is 77.8 Å². The SMILES string of the molecule is NC(CNc1nc(-c2ccncc2F)nc2c(-c3ccn[nH]3)csc12)Cc1ccccc1. The predicted molar refractivity (Wildman–Crippen MR) is 125 cm³/mol. The first-order chi connectivity index (χ1) is 15.7. The maximum atomic E-state index is 14.5. The zero-order chi connectivity index (χ0) is 21.9. The van der Waals surface area contributed by atoms with Crippen LogP contribution >= 0.6 is 11.3 Å². The molecule has 0 aliphatic carbocycles. The number of nitrogens with zero attached hydrogens (tertiary/aromatic N) is 4. The number of rotatable bonds is 7. The molecule has 0 saturated heterocycles. The van der Waals surface area contributed by atoms with Gasteiger partial charge in [-0.25, -0.2) is 14.4 Å². The second-order valence-electron chi connectivity index (χ2n) is 7.38. The Morgan fingerprint density at radius 2 is 1.94 bits per heavy atom. The fourth-order valence-corrected chi connectivity index (χ4v) is 4.50. The maximum Gasteiger partial charge on any atom is 0.165 e. The number of benzene rings is 1. The second-order valence-corrected chi connectivity index (χ2v) is 8.26. The Bertz CT molecular complexity index is 1340. The van der Waals surface area contributed by atoms with Crippen molar-refractivity contribution in [1.82, 2.24) is 25.1 Å². The van der Waals surface area contributed by atoms with Gasteiger partial charge in [-0.1, -0.05) is 30.3 Å². The molecule has 0 aliphatic rings. The number of nitrogens with one attached hydrogen (secondary N) is 2. The minimum atomic E-state index is -0.475. The molecule has 5 aromatic rings. The summed E-state index contributed by atoms with van der Waals surface area (Å²) in [5.41, 5.74) is 10.3. The van der Waals surface area contributed by atoms with Crippen LogP contribution in [0.5, 0.6) is 0 Å². The normalized spacial score (nSPS) is 12.2. The van der Waals surface area contributed by atoms with Gasteiger partial charge in [0, 0.05) is 35.9 Å². The van der Waals surface area contributed by atoms with Crippen molar-refractivity contribution < 1.29 is 4.39 Å². The van der Waals surface area contributed by atoms with E-state index in [-0.39, 0.29) is 11.9 Å². The number of fused-ring (bicyclic) bond motifs is 1. The minimum Gasteiger partial charge on any atom is -0.367 e. The molecule has 5 rings (SSSR count). The van der Waals surface area contributed by atoms with Gasteiger partial charge in [-0.3, -0.25) is 10.1 Å². The standard InChI is InChI=1S/C23H20FN7S/c24-18-12-26-8-6-16(18)22-29-20-17(19-7-9-28-31-19)13-32-21(20)23(30-22)27-11-15(25)10-14-4-2-1-3-5-14/h1-9,12-13,15H,10-11,25H2,(H,28,31)(H,27,29,30). The average molecular weight is 446 g/mol. The molecule has 4 heterocycles. The van der Waals surface area contributed by atoms with Crippen molar-refractivity contribution in [1.29, 1.82) is 0 Å². The summed E-state index contributed by atoms with van der Waals surface area (Å²) in [6, 6.07) is 13.4. The van der Waals surface area contributed by atoms with Crippen molar-refractivity contribution in [2.45, 2.75) is 12.5 Å². The molecule has 4 aromatic heterocycles. The molecule has 0 fully saturated rings. The smallest absolute Gasteiger partial charge is 0.165 e. The molecule has 0 saturated carbocycles.